The second kappa shape index (κ2) is 3.46. The molecule has 0 N–H and O–H groups in total. The summed E-state index contributed by atoms with van der Waals surface area (Å²) in [6.07, 6.45) is 4.14. The second-order valence-electron chi connectivity index (χ2n) is 4.03. The Labute approximate surface area is 87.7 Å². The quantitative estimate of drug-likeness (QED) is 0.708. The molecule has 1 aromatic rings. The van der Waals surface area contributed by atoms with E-state index < -0.39 is 5.41 Å². The van der Waals surface area contributed by atoms with Crippen LogP contribution in [0.15, 0.2) is 6.20 Å². The van der Waals surface area contributed by atoms with Crippen LogP contribution in [0.2, 0.25) is 0 Å². The topological polar surface area (TPSA) is 71.6 Å². The molecule has 1 atom stereocenters. The number of carbonyl (C=O) groups is 1. The summed E-state index contributed by atoms with van der Waals surface area (Å²) in [6, 6.07) is 2.16. The third-order valence-corrected chi connectivity index (χ3v) is 2.89. The van der Waals surface area contributed by atoms with Crippen LogP contribution in [0.4, 0.5) is 0 Å². The fraction of sp³-hybridized carbons (Fsp3) is 0.600. The lowest BCUT2D eigenvalue weighted by Crippen LogP contribution is -2.26. The van der Waals surface area contributed by atoms with E-state index in [1.807, 2.05) is 0 Å². The molecule has 0 aromatic carbocycles. The summed E-state index contributed by atoms with van der Waals surface area (Å²) in [5, 5.41) is 16.8. The van der Waals surface area contributed by atoms with Gasteiger partial charge in [0.15, 0.2) is 5.78 Å². The highest BCUT2D eigenvalue weighted by Gasteiger charge is 2.42. The number of nitrogens with zero attached hydrogens (tertiary/aromatic N) is 4. The predicted octanol–water partition coefficient (Wildman–Crippen LogP) is 0.621. The molecule has 0 aliphatic heterocycles. The second-order valence-corrected chi connectivity index (χ2v) is 4.03. The number of carbonyl (C=O) groups excluding carboxylic acids is 1. The summed E-state index contributed by atoms with van der Waals surface area (Å²) >= 11 is 0. The van der Waals surface area contributed by atoms with Crippen molar-refractivity contribution in [2.45, 2.75) is 25.7 Å². The van der Waals surface area contributed by atoms with E-state index in [9.17, 15) is 4.79 Å². The van der Waals surface area contributed by atoms with Crippen LogP contribution < -0.4 is 0 Å². The first-order valence-corrected chi connectivity index (χ1v) is 4.96. The van der Waals surface area contributed by atoms with Gasteiger partial charge in [0, 0.05) is 26.1 Å². The lowest BCUT2D eigenvalue weighted by atomic mass is 9.82. The number of nitriles is 1. The van der Waals surface area contributed by atoms with Crippen LogP contribution in [0.1, 0.15) is 25.0 Å². The third kappa shape index (κ3) is 1.63. The predicted molar refractivity (Wildman–Crippen MR) is 51.6 cm³/mol. The normalized spacial score (nSPS) is 25.5. The minimum Gasteiger partial charge on any atom is -0.298 e. The van der Waals surface area contributed by atoms with E-state index in [4.69, 9.17) is 5.26 Å². The highest BCUT2D eigenvalue weighted by Crippen LogP contribution is 2.36. The SMILES string of the molecule is Cn1cc(CC2(C#N)CCCC2=O)nn1. The van der Waals surface area contributed by atoms with Crippen molar-refractivity contribution >= 4 is 5.78 Å². The summed E-state index contributed by atoms with van der Waals surface area (Å²) < 4.78 is 1.58. The molecule has 5 heteroatoms. The standard InChI is InChI=1S/C10H12N4O/c1-14-6-8(12-13-14)5-10(7-11)4-2-3-9(10)15/h6H,2-5H2,1H3. The maximum Gasteiger partial charge on any atom is 0.153 e. The third-order valence-electron chi connectivity index (χ3n) is 2.89. The van der Waals surface area contributed by atoms with Crippen molar-refractivity contribution in [2.24, 2.45) is 12.5 Å². The zero-order chi connectivity index (χ0) is 10.9. The molecule has 0 amide bonds. The van der Waals surface area contributed by atoms with E-state index in [1.54, 1.807) is 17.9 Å². The van der Waals surface area contributed by atoms with Crippen LogP contribution in [0.3, 0.4) is 0 Å². The van der Waals surface area contributed by atoms with Gasteiger partial charge in [0.25, 0.3) is 0 Å². The Balaban J connectivity index is 2.23. The number of hydrogen-bond acceptors (Lipinski definition) is 4. The van der Waals surface area contributed by atoms with E-state index >= 15 is 0 Å². The van der Waals surface area contributed by atoms with Gasteiger partial charge in [0.1, 0.15) is 5.41 Å². The van der Waals surface area contributed by atoms with Crippen LogP contribution in [-0.2, 0) is 18.3 Å². The summed E-state index contributed by atoms with van der Waals surface area (Å²) in [6.45, 7) is 0. The molecule has 1 aromatic heterocycles. The molecule has 0 bridgehead atoms. The molecule has 1 aliphatic carbocycles. The van der Waals surface area contributed by atoms with Crippen molar-refractivity contribution in [3.05, 3.63) is 11.9 Å². The Kier molecular flexibility index (Phi) is 2.27. The van der Waals surface area contributed by atoms with E-state index in [0.717, 1.165) is 6.42 Å². The number of aromatic nitrogens is 3. The zero-order valence-electron chi connectivity index (χ0n) is 8.60. The van der Waals surface area contributed by atoms with Gasteiger partial charge in [-0.2, -0.15) is 5.26 Å². The lowest BCUT2D eigenvalue weighted by molar-refractivity contribution is -0.123. The van der Waals surface area contributed by atoms with Crippen molar-refractivity contribution in [1.82, 2.24) is 15.0 Å². The minimum atomic E-state index is -0.837. The van der Waals surface area contributed by atoms with Gasteiger partial charge in [0.2, 0.25) is 0 Å². The summed E-state index contributed by atoms with van der Waals surface area (Å²) in [5.74, 6) is 0.0515. The van der Waals surface area contributed by atoms with Crippen LogP contribution in [0.25, 0.3) is 0 Å². The number of aryl methyl sites for hydroxylation is 1. The highest BCUT2D eigenvalue weighted by molar-refractivity contribution is 5.89. The van der Waals surface area contributed by atoms with Gasteiger partial charge < -0.3 is 0 Å². The van der Waals surface area contributed by atoms with E-state index in [1.165, 1.54) is 0 Å². The van der Waals surface area contributed by atoms with Gasteiger partial charge in [0.05, 0.1) is 11.8 Å². The number of hydrogen-bond donors (Lipinski definition) is 0. The molecule has 15 heavy (non-hydrogen) atoms. The zero-order valence-corrected chi connectivity index (χ0v) is 8.60. The number of rotatable bonds is 2. The highest BCUT2D eigenvalue weighted by atomic mass is 16.1. The molecule has 0 radical (unpaired) electrons. The molecule has 1 heterocycles. The van der Waals surface area contributed by atoms with E-state index in [2.05, 4.69) is 16.4 Å². The van der Waals surface area contributed by atoms with Crippen LogP contribution in [0.5, 0.6) is 0 Å². The van der Waals surface area contributed by atoms with Crippen LogP contribution in [0, 0.1) is 16.7 Å². The van der Waals surface area contributed by atoms with Crippen LogP contribution in [-0.4, -0.2) is 20.8 Å². The first kappa shape index (κ1) is 9.84. The molecular formula is C10H12N4O. The molecule has 5 nitrogen and oxygen atoms in total. The molecule has 1 fully saturated rings. The Morgan fingerprint density at radius 1 is 1.73 bits per heavy atom. The van der Waals surface area contributed by atoms with Crippen molar-refractivity contribution in [1.29, 1.82) is 5.26 Å². The molecule has 2 rings (SSSR count). The molecule has 1 aliphatic rings. The lowest BCUT2D eigenvalue weighted by Gasteiger charge is -2.15. The number of Topliss-reactive ketones (excluding diaryl/α,β-unsaturated/α-hetero) is 1. The van der Waals surface area contributed by atoms with E-state index in [0.29, 0.717) is 25.0 Å². The summed E-state index contributed by atoms with van der Waals surface area (Å²) in [5.41, 5.74) is -0.120. The van der Waals surface area contributed by atoms with Gasteiger partial charge in [-0.3, -0.25) is 9.48 Å². The molecule has 1 saturated carbocycles. The van der Waals surface area contributed by atoms with Crippen LogP contribution >= 0.6 is 0 Å². The average molecular weight is 204 g/mol. The molecular weight excluding hydrogens is 192 g/mol. The largest absolute Gasteiger partial charge is 0.298 e. The van der Waals surface area contributed by atoms with Crippen molar-refractivity contribution < 1.29 is 4.79 Å². The van der Waals surface area contributed by atoms with Crippen molar-refractivity contribution in [3.63, 3.8) is 0 Å². The maximum absolute atomic E-state index is 11.7. The molecule has 1 unspecified atom stereocenters. The number of ketones is 1. The summed E-state index contributed by atoms with van der Waals surface area (Å²) in [4.78, 5) is 11.7. The molecule has 78 valence electrons. The van der Waals surface area contributed by atoms with Gasteiger partial charge >= 0.3 is 0 Å². The Hall–Kier alpha value is -1.70. The monoisotopic (exact) mass is 204 g/mol. The van der Waals surface area contributed by atoms with E-state index in [-0.39, 0.29) is 5.78 Å². The Bertz CT molecular complexity index is 431. The fourth-order valence-corrected chi connectivity index (χ4v) is 2.06. The molecule has 0 saturated heterocycles. The smallest absolute Gasteiger partial charge is 0.153 e. The minimum absolute atomic E-state index is 0.0515. The van der Waals surface area contributed by atoms with Gasteiger partial charge in [-0.25, -0.2) is 0 Å². The van der Waals surface area contributed by atoms with Gasteiger partial charge in [-0.1, -0.05) is 5.21 Å². The first-order chi connectivity index (χ1) is 7.16. The van der Waals surface area contributed by atoms with Crippen molar-refractivity contribution in [2.75, 3.05) is 0 Å². The average Bonchev–Trinajstić information content (AvgIpc) is 2.76. The Morgan fingerprint density at radius 2 is 2.53 bits per heavy atom. The first-order valence-electron chi connectivity index (χ1n) is 4.96. The van der Waals surface area contributed by atoms with Crippen molar-refractivity contribution in [3.8, 4) is 6.07 Å². The Morgan fingerprint density at radius 3 is 3.00 bits per heavy atom. The maximum atomic E-state index is 11.7. The molecule has 0 spiro atoms. The van der Waals surface area contributed by atoms with Gasteiger partial charge in [-0.05, 0) is 12.8 Å². The summed E-state index contributed by atoms with van der Waals surface area (Å²) in [7, 11) is 1.77. The fourth-order valence-electron chi connectivity index (χ4n) is 2.06. The van der Waals surface area contributed by atoms with Gasteiger partial charge in [-0.15, -0.1) is 5.10 Å².